The van der Waals surface area contributed by atoms with Gasteiger partial charge in [-0.1, -0.05) is 0 Å². The Kier molecular flexibility index (Phi) is 6.48. The predicted molar refractivity (Wildman–Crippen MR) is 69.2 cm³/mol. The van der Waals surface area contributed by atoms with Crippen molar-refractivity contribution in [2.75, 3.05) is 28.4 Å². The number of ether oxygens (including phenoxy) is 4. The molecule has 0 spiro atoms. The lowest BCUT2D eigenvalue weighted by atomic mass is 10.2. The molecule has 1 aromatic rings. The van der Waals surface area contributed by atoms with Crippen molar-refractivity contribution < 1.29 is 18.9 Å². The molecule has 1 N–H and O–H groups in total. The van der Waals surface area contributed by atoms with E-state index in [0.29, 0.717) is 18.3 Å². The minimum atomic E-state index is -0.332. The van der Waals surface area contributed by atoms with Crippen molar-refractivity contribution in [1.29, 1.82) is 0 Å². The number of hydrogen-bond donors (Lipinski definition) is 1. The molecule has 1 atom stereocenters. The fourth-order valence-corrected chi connectivity index (χ4v) is 1.75. The maximum absolute atomic E-state index is 5.20. The smallest absolute Gasteiger partial charge is 0.224 e. The fraction of sp³-hybridized carbons (Fsp3) is 0.667. The van der Waals surface area contributed by atoms with Crippen molar-refractivity contribution in [3.8, 4) is 11.8 Å². The van der Waals surface area contributed by atoms with E-state index >= 15 is 0 Å². The van der Waals surface area contributed by atoms with Gasteiger partial charge in [0, 0.05) is 20.8 Å². The first-order chi connectivity index (χ1) is 9.17. The van der Waals surface area contributed by atoms with Crippen molar-refractivity contribution in [2.24, 2.45) is 0 Å². The van der Waals surface area contributed by atoms with Crippen LogP contribution in [-0.4, -0.2) is 50.7 Å². The van der Waals surface area contributed by atoms with Crippen molar-refractivity contribution >= 4 is 0 Å². The molecule has 1 heterocycles. The van der Waals surface area contributed by atoms with E-state index in [-0.39, 0.29) is 12.3 Å². The molecule has 0 radical (unpaired) electrons. The Balaban J connectivity index is 2.76. The molecule has 1 rings (SSSR count). The summed E-state index contributed by atoms with van der Waals surface area (Å²) in [6.45, 7) is 2.44. The molecule has 0 amide bonds. The molecule has 0 fully saturated rings. The lowest BCUT2D eigenvalue weighted by molar-refractivity contribution is -0.119. The molecule has 0 saturated heterocycles. The number of rotatable bonds is 8. The fourth-order valence-electron chi connectivity index (χ4n) is 1.75. The summed E-state index contributed by atoms with van der Waals surface area (Å²) in [6.07, 6.45) is 1.07. The largest absolute Gasteiger partial charge is 0.481 e. The summed E-state index contributed by atoms with van der Waals surface area (Å²) < 4.78 is 20.8. The van der Waals surface area contributed by atoms with Crippen LogP contribution in [0.15, 0.2) is 6.33 Å². The van der Waals surface area contributed by atoms with Crippen LogP contribution in [0.2, 0.25) is 0 Å². The van der Waals surface area contributed by atoms with Crippen molar-refractivity contribution in [1.82, 2.24) is 15.3 Å². The van der Waals surface area contributed by atoms with Gasteiger partial charge in [-0.05, 0) is 6.92 Å². The van der Waals surface area contributed by atoms with Crippen LogP contribution in [0, 0.1) is 0 Å². The number of aromatic nitrogens is 2. The molecule has 1 unspecified atom stereocenters. The Morgan fingerprint density at radius 2 is 1.58 bits per heavy atom. The molecule has 0 aliphatic rings. The van der Waals surface area contributed by atoms with E-state index in [1.807, 2.05) is 6.92 Å². The lowest BCUT2D eigenvalue weighted by Gasteiger charge is -2.22. The molecule has 0 aliphatic heterocycles. The van der Waals surface area contributed by atoms with Gasteiger partial charge in [0.15, 0.2) is 6.29 Å². The third-order valence-corrected chi connectivity index (χ3v) is 2.73. The van der Waals surface area contributed by atoms with Gasteiger partial charge in [-0.25, -0.2) is 9.97 Å². The van der Waals surface area contributed by atoms with Crippen LogP contribution >= 0.6 is 0 Å². The van der Waals surface area contributed by atoms with E-state index in [0.717, 1.165) is 5.56 Å². The van der Waals surface area contributed by atoms with Gasteiger partial charge in [0.05, 0.1) is 25.8 Å². The molecule has 1 aromatic heterocycles. The zero-order chi connectivity index (χ0) is 14.3. The Morgan fingerprint density at radius 1 is 1.05 bits per heavy atom. The van der Waals surface area contributed by atoms with E-state index in [1.54, 1.807) is 28.4 Å². The molecular weight excluding hydrogens is 250 g/mol. The molecule has 0 saturated carbocycles. The Bertz CT molecular complexity index is 363. The van der Waals surface area contributed by atoms with Crippen molar-refractivity contribution in [3.63, 3.8) is 0 Å². The van der Waals surface area contributed by atoms with Crippen LogP contribution in [0.3, 0.4) is 0 Å². The van der Waals surface area contributed by atoms with Gasteiger partial charge >= 0.3 is 0 Å². The third kappa shape index (κ3) is 4.02. The van der Waals surface area contributed by atoms with Gasteiger partial charge < -0.3 is 24.3 Å². The zero-order valence-electron chi connectivity index (χ0n) is 12.0. The highest BCUT2D eigenvalue weighted by atomic mass is 16.7. The molecule has 0 bridgehead atoms. The summed E-state index contributed by atoms with van der Waals surface area (Å²) in [7, 11) is 6.31. The van der Waals surface area contributed by atoms with Gasteiger partial charge in [-0.2, -0.15) is 0 Å². The second-order valence-corrected chi connectivity index (χ2v) is 3.88. The molecule has 7 nitrogen and oxygen atoms in total. The van der Waals surface area contributed by atoms with E-state index in [1.165, 1.54) is 6.33 Å². The van der Waals surface area contributed by atoms with Crippen molar-refractivity contribution in [3.05, 3.63) is 11.9 Å². The SMILES string of the molecule is COc1ncnc(OC)c1CNC(C)C(OC)OC. The quantitative estimate of drug-likeness (QED) is 0.693. The summed E-state index contributed by atoms with van der Waals surface area (Å²) in [6, 6.07) is -0.00961. The maximum atomic E-state index is 5.20. The second-order valence-electron chi connectivity index (χ2n) is 3.88. The Hall–Kier alpha value is -1.44. The van der Waals surface area contributed by atoms with Crippen LogP contribution in [0.25, 0.3) is 0 Å². The number of hydrogen-bond acceptors (Lipinski definition) is 7. The Morgan fingerprint density at radius 3 is 2.00 bits per heavy atom. The van der Waals surface area contributed by atoms with E-state index in [2.05, 4.69) is 15.3 Å². The first-order valence-electron chi connectivity index (χ1n) is 5.88. The van der Waals surface area contributed by atoms with Crippen molar-refractivity contribution in [2.45, 2.75) is 25.8 Å². The summed E-state index contributed by atoms with van der Waals surface area (Å²) in [5, 5.41) is 3.26. The highest BCUT2D eigenvalue weighted by Crippen LogP contribution is 2.23. The Labute approximate surface area is 113 Å². The summed E-state index contributed by atoms with van der Waals surface area (Å²) in [4.78, 5) is 8.11. The highest BCUT2D eigenvalue weighted by Gasteiger charge is 2.18. The van der Waals surface area contributed by atoms with Gasteiger partial charge in [0.25, 0.3) is 0 Å². The summed E-state index contributed by atoms with van der Waals surface area (Å²) in [5.74, 6) is 0.968. The van der Waals surface area contributed by atoms with Crippen LogP contribution in [0.5, 0.6) is 11.8 Å². The normalized spacial score (nSPS) is 12.5. The average Bonchev–Trinajstić information content (AvgIpc) is 2.45. The highest BCUT2D eigenvalue weighted by molar-refractivity contribution is 5.34. The second kappa shape index (κ2) is 7.88. The van der Waals surface area contributed by atoms with Crippen LogP contribution < -0.4 is 14.8 Å². The molecule has 19 heavy (non-hydrogen) atoms. The zero-order valence-corrected chi connectivity index (χ0v) is 12.0. The first kappa shape index (κ1) is 15.6. The van der Waals surface area contributed by atoms with Gasteiger partial charge in [0.2, 0.25) is 11.8 Å². The monoisotopic (exact) mass is 271 g/mol. The maximum Gasteiger partial charge on any atom is 0.224 e. The first-order valence-corrected chi connectivity index (χ1v) is 5.88. The van der Waals surface area contributed by atoms with E-state index in [4.69, 9.17) is 18.9 Å². The standard InChI is InChI=1S/C12H21N3O4/c1-8(12(18-4)19-5)13-6-9-10(16-2)14-7-15-11(9)17-3/h7-8,12-13H,6H2,1-5H3. The topological polar surface area (TPSA) is 74.7 Å². The predicted octanol–water partition coefficient (Wildman–Crippen LogP) is 0.591. The molecule has 7 heteroatoms. The molecule has 0 aliphatic carbocycles. The number of methoxy groups -OCH3 is 4. The van der Waals surface area contributed by atoms with Gasteiger partial charge in [0.1, 0.15) is 6.33 Å². The summed E-state index contributed by atoms with van der Waals surface area (Å²) in [5.41, 5.74) is 0.755. The third-order valence-electron chi connectivity index (χ3n) is 2.73. The number of nitrogens with one attached hydrogen (secondary N) is 1. The van der Waals surface area contributed by atoms with Gasteiger partial charge in [-0.3, -0.25) is 0 Å². The van der Waals surface area contributed by atoms with Crippen LogP contribution in [0.4, 0.5) is 0 Å². The molecule has 0 aromatic carbocycles. The average molecular weight is 271 g/mol. The molecular formula is C12H21N3O4. The van der Waals surface area contributed by atoms with E-state index < -0.39 is 0 Å². The lowest BCUT2D eigenvalue weighted by Crippen LogP contribution is -2.39. The van der Waals surface area contributed by atoms with Crippen LogP contribution in [0.1, 0.15) is 12.5 Å². The summed E-state index contributed by atoms with van der Waals surface area (Å²) >= 11 is 0. The van der Waals surface area contributed by atoms with Gasteiger partial charge in [-0.15, -0.1) is 0 Å². The van der Waals surface area contributed by atoms with Crippen LogP contribution in [-0.2, 0) is 16.0 Å². The minimum absolute atomic E-state index is 0.00961. The molecule has 108 valence electrons. The number of nitrogens with zero attached hydrogens (tertiary/aromatic N) is 2. The minimum Gasteiger partial charge on any atom is -0.481 e. The van der Waals surface area contributed by atoms with E-state index in [9.17, 15) is 0 Å².